The van der Waals surface area contributed by atoms with E-state index in [4.69, 9.17) is 4.74 Å². The van der Waals surface area contributed by atoms with Crippen molar-refractivity contribution in [3.05, 3.63) is 95.3 Å². The van der Waals surface area contributed by atoms with Gasteiger partial charge in [-0.25, -0.2) is 28.4 Å². The van der Waals surface area contributed by atoms with Crippen molar-refractivity contribution in [1.82, 2.24) is 61.2 Å². The van der Waals surface area contributed by atoms with Crippen molar-refractivity contribution in [2.24, 2.45) is 5.41 Å². The summed E-state index contributed by atoms with van der Waals surface area (Å²) in [5.74, 6) is -0.224. The van der Waals surface area contributed by atoms with E-state index in [0.29, 0.717) is 85.8 Å². The molecule has 6 N–H and O–H groups in total. The van der Waals surface area contributed by atoms with Crippen molar-refractivity contribution in [2.45, 2.75) is 121 Å². The zero-order valence-corrected chi connectivity index (χ0v) is 46.9. The molecule has 0 unspecified atom stereocenters. The first kappa shape index (κ1) is 56.8. The number of hydrogen-bond donors (Lipinski definition) is 6. The predicted octanol–water partition coefficient (Wildman–Crippen LogP) is 3.83. The van der Waals surface area contributed by atoms with Gasteiger partial charge in [0.1, 0.15) is 51.9 Å². The van der Waals surface area contributed by atoms with Gasteiger partial charge in [0, 0.05) is 68.0 Å². The summed E-state index contributed by atoms with van der Waals surface area (Å²) < 4.78 is 33.1. The molecule has 4 amide bonds. The van der Waals surface area contributed by atoms with Gasteiger partial charge in [-0.15, -0.1) is 0 Å². The molecule has 0 spiro atoms. The summed E-state index contributed by atoms with van der Waals surface area (Å²) in [6, 6.07) is 7.12. The van der Waals surface area contributed by atoms with Crippen LogP contribution >= 0.6 is 0 Å². The van der Waals surface area contributed by atoms with Crippen LogP contribution in [0.25, 0.3) is 10.9 Å². The van der Waals surface area contributed by atoms with E-state index in [-0.39, 0.29) is 35.9 Å². The van der Waals surface area contributed by atoms with Crippen LogP contribution in [0.1, 0.15) is 94.2 Å². The number of carbonyl (C=O) groups excluding carboxylic acids is 5. The molecule has 1 aliphatic carbocycles. The number of H-pyrrole nitrogens is 1. The molecular formula is C55H72N14O8S. The van der Waals surface area contributed by atoms with Crippen LogP contribution in [-0.4, -0.2) is 160 Å². The van der Waals surface area contributed by atoms with Crippen LogP contribution in [0, 0.1) is 19.3 Å². The number of aryl methyl sites for hydroxylation is 1. The van der Waals surface area contributed by atoms with Gasteiger partial charge in [-0.2, -0.15) is 5.10 Å². The van der Waals surface area contributed by atoms with Gasteiger partial charge in [-0.1, -0.05) is 57.2 Å². The summed E-state index contributed by atoms with van der Waals surface area (Å²) in [5, 5.41) is 22.7. The number of sulfone groups is 1. The lowest BCUT2D eigenvalue weighted by molar-refractivity contribution is -0.144. The number of amides is 4. The first-order valence-corrected chi connectivity index (χ1v) is 27.8. The Balaban J connectivity index is 0.887. The fourth-order valence-corrected chi connectivity index (χ4v) is 11.1. The van der Waals surface area contributed by atoms with Crippen LogP contribution < -0.4 is 36.2 Å². The Hall–Kier alpha value is -7.37. The number of allylic oxidation sites excluding steroid dienone is 1. The normalized spacial score (nSPS) is 19.7. The largest absolute Gasteiger partial charge is 0.492 e. The minimum Gasteiger partial charge on any atom is -0.492 e. The number of likely N-dealkylation sites (tertiary alicyclic amines) is 1. The van der Waals surface area contributed by atoms with Crippen molar-refractivity contribution in [2.75, 3.05) is 63.1 Å². The summed E-state index contributed by atoms with van der Waals surface area (Å²) in [6.07, 6.45) is 9.75. The fourth-order valence-electron chi connectivity index (χ4n) is 9.80. The van der Waals surface area contributed by atoms with Crippen LogP contribution in [0.4, 0.5) is 17.5 Å². The smallest absolute Gasteiger partial charge is 0.271 e. The van der Waals surface area contributed by atoms with Gasteiger partial charge in [-0.3, -0.25) is 34.0 Å². The number of aldehydes is 1. The van der Waals surface area contributed by atoms with Gasteiger partial charge in [0.25, 0.3) is 5.91 Å². The number of carbonyl (C=O) groups is 5. The minimum atomic E-state index is -3.86. The Labute approximate surface area is 455 Å². The number of piperazine rings is 1. The molecule has 5 atom stereocenters. The SMILES string of the molecule is CN[C@@H](C)C(=O)N[C@H](C(=O)N1C[C@@H](NC(=O)c2cnc(N3CCN(CCCOc4cc5ncnc(Nc6n[nH]c(C)c6C)c5cc4S(=O)(=O)C(C)(C)C)CC3)cn2)C[C@H]1C(=O)N[C@]1(C=O)C=CCc2ccccc21)C(C)(C)C. The van der Waals surface area contributed by atoms with Crippen molar-refractivity contribution in [3.63, 3.8) is 0 Å². The van der Waals surface area contributed by atoms with Crippen molar-refractivity contribution >= 4 is 68.1 Å². The quantitative estimate of drug-likeness (QED) is 0.0413. The van der Waals surface area contributed by atoms with E-state index in [1.165, 1.54) is 17.4 Å². The Bertz CT molecular complexity index is 3200. The average molecular weight is 1090 g/mol. The maximum Gasteiger partial charge on any atom is 0.271 e. The van der Waals surface area contributed by atoms with Gasteiger partial charge in [-0.05, 0) is 90.5 Å². The highest BCUT2D eigenvalue weighted by atomic mass is 32.2. The van der Waals surface area contributed by atoms with Gasteiger partial charge >= 0.3 is 0 Å². The highest BCUT2D eigenvalue weighted by molar-refractivity contribution is 7.92. The van der Waals surface area contributed by atoms with Crippen molar-refractivity contribution in [3.8, 4) is 5.75 Å². The lowest BCUT2D eigenvalue weighted by Crippen LogP contribution is -2.60. The number of hydrogen-bond acceptors (Lipinski definition) is 17. The standard InChI is InChI=1S/C55H72N14O8S/c1-33-34(2)65-66-47(33)63-48-38-26-44(78(75,76)54(7,8)9)43(27-40(38)59-32-60-48)77-24-14-19-67-20-22-68(23-21-67)45-29-57-41(28-58-45)50(72)61-37-25-42(51(73)64-55(31-70)18-13-16-36-15-11-12-17-39(36)55)69(30-37)52(74)46(53(4,5)6)62-49(71)35(3)56-10/h11-13,15,17-18,26-29,31-32,35,37,42,46,56H,14,16,19-25,30H2,1-10H3,(H,61,72)(H,62,71)(H,64,73)(H2,59,60,63,65,66)/t35-,37-,42-,46+,55-/m0/s1. The molecule has 3 aliphatic rings. The summed E-state index contributed by atoms with van der Waals surface area (Å²) in [5.41, 5.74) is 1.62. The van der Waals surface area contributed by atoms with Gasteiger partial charge in [0.2, 0.25) is 17.7 Å². The number of likely N-dealkylation sites (N-methyl/N-ethyl adjacent to an activating group) is 1. The number of fused-ring (bicyclic) bond motifs is 2. The Morgan fingerprint density at radius 3 is 2.36 bits per heavy atom. The van der Waals surface area contributed by atoms with E-state index >= 15 is 0 Å². The molecule has 0 saturated carbocycles. The van der Waals surface area contributed by atoms with Crippen molar-refractivity contribution < 1.29 is 37.1 Å². The number of nitrogens with zero attached hydrogens (tertiary/aromatic N) is 8. The molecule has 8 rings (SSSR count). The maximum absolute atomic E-state index is 14.6. The molecule has 3 aromatic heterocycles. The molecule has 416 valence electrons. The maximum atomic E-state index is 14.6. The second-order valence-corrected chi connectivity index (χ2v) is 25.0. The minimum absolute atomic E-state index is 0.0221. The molecule has 0 radical (unpaired) electrons. The van der Waals surface area contributed by atoms with Gasteiger partial charge in [0.05, 0.1) is 35.3 Å². The molecule has 2 aromatic carbocycles. The van der Waals surface area contributed by atoms with Gasteiger partial charge < -0.3 is 41.1 Å². The van der Waals surface area contributed by atoms with Crippen LogP contribution in [0.5, 0.6) is 5.75 Å². The Morgan fingerprint density at radius 2 is 1.71 bits per heavy atom. The number of ether oxygens (including phenoxy) is 1. The summed E-state index contributed by atoms with van der Waals surface area (Å²) in [4.78, 5) is 92.8. The zero-order chi connectivity index (χ0) is 56.3. The molecule has 78 heavy (non-hydrogen) atoms. The highest BCUT2D eigenvalue weighted by Gasteiger charge is 2.48. The fraction of sp³-hybridized carbons (Fsp3) is 0.491. The number of aromatic amines is 1. The molecule has 22 nitrogen and oxygen atoms in total. The molecule has 2 aliphatic heterocycles. The van der Waals surface area contributed by atoms with Crippen LogP contribution in [0.15, 0.2) is 72.2 Å². The van der Waals surface area contributed by atoms with Gasteiger partial charge in [0.15, 0.2) is 21.9 Å². The monoisotopic (exact) mass is 1090 g/mol. The van der Waals surface area contributed by atoms with E-state index in [9.17, 15) is 32.4 Å². The number of aromatic nitrogens is 6. The third kappa shape index (κ3) is 12.0. The van der Waals surface area contributed by atoms with Crippen LogP contribution in [-0.2, 0) is 41.0 Å². The Morgan fingerprint density at radius 1 is 0.962 bits per heavy atom. The number of benzene rings is 2. The first-order chi connectivity index (χ1) is 36.9. The molecule has 2 fully saturated rings. The Kier molecular flexibility index (Phi) is 16.7. The third-order valence-electron chi connectivity index (χ3n) is 14.9. The number of anilines is 3. The number of rotatable bonds is 18. The molecule has 0 bridgehead atoms. The van der Waals surface area contributed by atoms with E-state index in [2.05, 4.69) is 66.5 Å². The molecule has 2 saturated heterocycles. The highest BCUT2D eigenvalue weighted by Crippen LogP contribution is 2.38. The lowest BCUT2D eigenvalue weighted by atomic mass is 9.82. The van der Waals surface area contributed by atoms with E-state index in [0.717, 1.165) is 16.8 Å². The number of nitrogens with one attached hydrogen (secondary N) is 6. The molecule has 23 heteroatoms. The van der Waals surface area contributed by atoms with Crippen molar-refractivity contribution in [1.29, 1.82) is 0 Å². The lowest BCUT2D eigenvalue weighted by Gasteiger charge is -2.37. The van der Waals surface area contributed by atoms with E-state index < -0.39 is 73.3 Å². The molecular weight excluding hydrogens is 1020 g/mol. The average Bonchev–Trinajstić information content (AvgIpc) is 4.05. The predicted molar refractivity (Wildman–Crippen MR) is 295 cm³/mol. The van der Waals surface area contributed by atoms with Crippen LogP contribution in [0.2, 0.25) is 0 Å². The second-order valence-electron chi connectivity index (χ2n) is 22.4. The second kappa shape index (κ2) is 22.9. The topological polar surface area (TPSA) is 279 Å². The van der Waals surface area contributed by atoms with E-state index in [1.807, 2.05) is 52.8 Å². The molecule has 5 aromatic rings. The summed E-state index contributed by atoms with van der Waals surface area (Å²) in [6.45, 7) is 19.5. The first-order valence-electron chi connectivity index (χ1n) is 26.3. The zero-order valence-electron chi connectivity index (χ0n) is 46.1. The third-order valence-corrected chi connectivity index (χ3v) is 17.4. The van der Waals surface area contributed by atoms with E-state index in [1.54, 1.807) is 71.3 Å². The summed E-state index contributed by atoms with van der Waals surface area (Å²) >= 11 is 0. The van der Waals surface area contributed by atoms with Crippen LogP contribution in [0.3, 0.4) is 0 Å². The molecule has 5 heterocycles. The summed E-state index contributed by atoms with van der Waals surface area (Å²) in [7, 11) is -2.22.